The van der Waals surface area contributed by atoms with Crippen molar-refractivity contribution < 1.29 is 19.0 Å². The minimum Gasteiger partial charge on any atom is -0.493 e. The number of benzene rings is 1. The molecule has 1 atom stereocenters. The first-order chi connectivity index (χ1) is 9.52. The van der Waals surface area contributed by atoms with Crippen molar-refractivity contribution in [2.45, 2.75) is 32.7 Å². The Labute approximate surface area is 119 Å². The van der Waals surface area contributed by atoms with Crippen LogP contribution in [0.3, 0.4) is 0 Å². The highest BCUT2D eigenvalue weighted by molar-refractivity contribution is 5.96. The molecule has 1 unspecified atom stereocenters. The average Bonchev–Trinajstić information content (AvgIpc) is 2.77. The lowest BCUT2D eigenvalue weighted by Crippen LogP contribution is -2.34. The zero-order valence-corrected chi connectivity index (χ0v) is 12.1. The van der Waals surface area contributed by atoms with Crippen molar-refractivity contribution >= 4 is 5.91 Å². The van der Waals surface area contributed by atoms with E-state index in [9.17, 15) is 4.79 Å². The topological polar surface area (TPSA) is 56.8 Å². The van der Waals surface area contributed by atoms with Crippen LogP contribution in [0, 0.1) is 0 Å². The third kappa shape index (κ3) is 3.71. The lowest BCUT2D eigenvalue weighted by molar-refractivity contribution is -0.137. The number of nitrogens with one attached hydrogen (secondary N) is 1. The molecule has 1 aromatic carbocycles. The predicted octanol–water partition coefficient (Wildman–Crippen LogP) is 1.97. The molecule has 1 fully saturated rings. The standard InChI is InChI=1S/C15H21NO4/c1-4-18-13-8-6-5-7-12(13)14(17)16-9-11-10-19-15(2,3)20-11/h5-8,11H,4,9-10H2,1-3H3,(H,16,17). The Balaban J connectivity index is 1.92. The molecule has 0 bridgehead atoms. The third-order valence-corrected chi connectivity index (χ3v) is 2.99. The van der Waals surface area contributed by atoms with Crippen LogP contribution in [-0.2, 0) is 9.47 Å². The Kier molecular flexibility index (Phi) is 4.62. The van der Waals surface area contributed by atoms with E-state index in [-0.39, 0.29) is 12.0 Å². The van der Waals surface area contributed by atoms with Gasteiger partial charge in [-0.15, -0.1) is 0 Å². The summed E-state index contributed by atoms with van der Waals surface area (Å²) < 4.78 is 16.5. The summed E-state index contributed by atoms with van der Waals surface area (Å²) in [5.74, 6) is -0.141. The number of ether oxygens (including phenoxy) is 3. The molecule has 0 aromatic heterocycles. The molecule has 5 heteroatoms. The van der Waals surface area contributed by atoms with E-state index in [2.05, 4.69) is 5.32 Å². The summed E-state index contributed by atoms with van der Waals surface area (Å²) in [5, 5.41) is 2.85. The molecule has 20 heavy (non-hydrogen) atoms. The fourth-order valence-electron chi connectivity index (χ4n) is 2.10. The summed E-state index contributed by atoms with van der Waals surface area (Å²) in [6.45, 7) is 7.04. The molecule has 1 N–H and O–H groups in total. The predicted molar refractivity (Wildman–Crippen MR) is 74.8 cm³/mol. The fourth-order valence-corrected chi connectivity index (χ4v) is 2.10. The smallest absolute Gasteiger partial charge is 0.255 e. The van der Waals surface area contributed by atoms with Crippen molar-refractivity contribution in [3.05, 3.63) is 29.8 Å². The van der Waals surface area contributed by atoms with Gasteiger partial charge >= 0.3 is 0 Å². The minimum absolute atomic E-state index is 0.117. The maximum absolute atomic E-state index is 12.2. The van der Waals surface area contributed by atoms with Crippen molar-refractivity contribution in [3.8, 4) is 5.75 Å². The third-order valence-electron chi connectivity index (χ3n) is 2.99. The van der Waals surface area contributed by atoms with Crippen molar-refractivity contribution in [2.75, 3.05) is 19.8 Å². The Morgan fingerprint density at radius 1 is 1.45 bits per heavy atom. The summed E-state index contributed by atoms with van der Waals surface area (Å²) in [6.07, 6.45) is -0.117. The molecule has 0 saturated carbocycles. The van der Waals surface area contributed by atoms with Crippen LogP contribution in [0.5, 0.6) is 5.75 Å². The summed E-state index contributed by atoms with van der Waals surface area (Å²) in [5.41, 5.74) is 0.535. The van der Waals surface area contributed by atoms with E-state index < -0.39 is 5.79 Å². The highest BCUT2D eigenvalue weighted by Crippen LogP contribution is 2.22. The van der Waals surface area contributed by atoms with Gasteiger partial charge in [-0.2, -0.15) is 0 Å². The molecular weight excluding hydrogens is 258 g/mol. The van der Waals surface area contributed by atoms with Gasteiger partial charge in [-0.3, -0.25) is 4.79 Å². The summed E-state index contributed by atoms with van der Waals surface area (Å²) >= 11 is 0. The lowest BCUT2D eigenvalue weighted by Gasteiger charge is -2.17. The number of rotatable bonds is 5. The zero-order valence-electron chi connectivity index (χ0n) is 12.1. The molecular formula is C15H21NO4. The van der Waals surface area contributed by atoms with Crippen molar-refractivity contribution in [1.29, 1.82) is 0 Å². The highest BCUT2D eigenvalue weighted by Gasteiger charge is 2.32. The van der Waals surface area contributed by atoms with E-state index >= 15 is 0 Å². The molecule has 0 aliphatic carbocycles. The Hall–Kier alpha value is -1.59. The monoisotopic (exact) mass is 279 g/mol. The van der Waals surface area contributed by atoms with E-state index in [0.29, 0.717) is 31.1 Å². The van der Waals surface area contributed by atoms with Crippen molar-refractivity contribution in [3.63, 3.8) is 0 Å². The van der Waals surface area contributed by atoms with Crippen LogP contribution in [0.2, 0.25) is 0 Å². The second kappa shape index (κ2) is 6.24. The van der Waals surface area contributed by atoms with Crippen molar-refractivity contribution in [1.82, 2.24) is 5.32 Å². The van der Waals surface area contributed by atoms with E-state index in [0.717, 1.165) is 0 Å². The summed E-state index contributed by atoms with van der Waals surface area (Å²) in [7, 11) is 0. The molecule has 1 aromatic rings. The number of hydrogen-bond acceptors (Lipinski definition) is 4. The lowest BCUT2D eigenvalue weighted by atomic mass is 10.2. The van der Waals surface area contributed by atoms with Crippen LogP contribution < -0.4 is 10.1 Å². The van der Waals surface area contributed by atoms with E-state index in [1.807, 2.05) is 32.9 Å². The first-order valence-electron chi connectivity index (χ1n) is 6.83. The molecule has 1 aliphatic heterocycles. The maximum atomic E-state index is 12.2. The quantitative estimate of drug-likeness (QED) is 0.895. The van der Waals surface area contributed by atoms with E-state index in [1.165, 1.54) is 0 Å². The number of amides is 1. The minimum atomic E-state index is -0.571. The molecule has 0 spiro atoms. The Bertz CT molecular complexity index is 473. The average molecular weight is 279 g/mol. The molecule has 2 rings (SSSR count). The summed E-state index contributed by atoms with van der Waals surface area (Å²) in [4.78, 5) is 12.2. The van der Waals surface area contributed by atoms with Crippen LogP contribution in [0.25, 0.3) is 0 Å². The van der Waals surface area contributed by atoms with E-state index in [1.54, 1.807) is 12.1 Å². The highest BCUT2D eigenvalue weighted by atomic mass is 16.7. The fraction of sp³-hybridized carbons (Fsp3) is 0.533. The Morgan fingerprint density at radius 2 is 2.20 bits per heavy atom. The number of carbonyl (C=O) groups is 1. The SMILES string of the molecule is CCOc1ccccc1C(=O)NCC1COC(C)(C)O1. The van der Waals surface area contributed by atoms with Gasteiger partial charge in [0.2, 0.25) is 0 Å². The molecule has 0 radical (unpaired) electrons. The Morgan fingerprint density at radius 3 is 2.85 bits per heavy atom. The van der Waals surface area contributed by atoms with Gasteiger partial charge in [0.15, 0.2) is 5.79 Å². The van der Waals surface area contributed by atoms with Crippen LogP contribution in [0.15, 0.2) is 24.3 Å². The molecule has 110 valence electrons. The maximum Gasteiger partial charge on any atom is 0.255 e. The van der Waals surface area contributed by atoms with Crippen LogP contribution in [0.1, 0.15) is 31.1 Å². The van der Waals surface area contributed by atoms with Crippen LogP contribution in [0.4, 0.5) is 0 Å². The molecule has 1 heterocycles. The molecule has 1 saturated heterocycles. The molecule has 1 amide bonds. The van der Waals surface area contributed by atoms with Gasteiger partial charge < -0.3 is 19.5 Å². The van der Waals surface area contributed by atoms with E-state index in [4.69, 9.17) is 14.2 Å². The first-order valence-corrected chi connectivity index (χ1v) is 6.83. The van der Waals surface area contributed by atoms with Gasteiger partial charge in [0.05, 0.1) is 18.8 Å². The summed E-state index contributed by atoms with van der Waals surface area (Å²) in [6, 6.07) is 7.20. The van der Waals surface area contributed by atoms with Crippen LogP contribution >= 0.6 is 0 Å². The number of carbonyl (C=O) groups excluding carboxylic acids is 1. The molecule has 5 nitrogen and oxygen atoms in total. The first kappa shape index (κ1) is 14.8. The number of hydrogen-bond donors (Lipinski definition) is 1. The normalized spacial score (nSPS) is 20.6. The van der Waals surface area contributed by atoms with Gasteiger partial charge in [0, 0.05) is 6.54 Å². The van der Waals surface area contributed by atoms with Gasteiger partial charge in [-0.05, 0) is 32.9 Å². The number of para-hydroxylation sites is 1. The second-order valence-electron chi connectivity index (χ2n) is 5.09. The van der Waals surface area contributed by atoms with Gasteiger partial charge in [-0.1, -0.05) is 12.1 Å². The second-order valence-corrected chi connectivity index (χ2v) is 5.09. The van der Waals surface area contributed by atoms with Gasteiger partial charge in [0.1, 0.15) is 11.9 Å². The van der Waals surface area contributed by atoms with Crippen LogP contribution in [-0.4, -0.2) is 37.6 Å². The largest absolute Gasteiger partial charge is 0.493 e. The zero-order chi connectivity index (χ0) is 14.6. The molecule has 1 aliphatic rings. The van der Waals surface area contributed by atoms with Gasteiger partial charge in [0.25, 0.3) is 5.91 Å². The van der Waals surface area contributed by atoms with Crippen molar-refractivity contribution in [2.24, 2.45) is 0 Å². The van der Waals surface area contributed by atoms with Gasteiger partial charge in [-0.25, -0.2) is 0 Å².